The number of rotatable bonds is 8. The monoisotopic (exact) mass is 262 g/mol. The number of carbonyl (C=O) groups is 1. The minimum Gasteiger partial charge on any atom is -0.342 e. The van der Waals surface area contributed by atoms with Gasteiger partial charge in [-0.25, -0.2) is 0 Å². The lowest BCUT2D eigenvalue weighted by Gasteiger charge is -2.20. The van der Waals surface area contributed by atoms with Crippen LogP contribution < -0.4 is 5.32 Å². The second-order valence-electron chi connectivity index (χ2n) is 4.87. The number of hydrogen-bond donors (Lipinski definition) is 1. The molecule has 0 radical (unpaired) electrons. The zero-order valence-corrected chi connectivity index (χ0v) is 12.4. The van der Waals surface area contributed by atoms with Gasteiger partial charge in [-0.05, 0) is 39.2 Å². The summed E-state index contributed by atoms with van der Waals surface area (Å²) in [7, 11) is 0. The molecular formula is C16H26N2O. The number of aryl methyl sites for hydroxylation is 1. The van der Waals surface area contributed by atoms with Gasteiger partial charge in [0.25, 0.3) is 0 Å². The molecule has 106 valence electrons. The minimum absolute atomic E-state index is 0.191. The first-order chi connectivity index (χ1) is 9.17. The molecule has 0 spiro atoms. The Hall–Kier alpha value is -1.35. The molecule has 1 aromatic rings. The number of carbonyl (C=O) groups excluding carboxylic acids is 1. The summed E-state index contributed by atoms with van der Waals surface area (Å²) < 4.78 is 0. The van der Waals surface area contributed by atoms with E-state index >= 15 is 0 Å². The van der Waals surface area contributed by atoms with E-state index in [1.54, 1.807) is 0 Å². The summed E-state index contributed by atoms with van der Waals surface area (Å²) in [5, 5.41) is 3.31. The van der Waals surface area contributed by atoms with Crippen molar-refractivity contribution in [3.05, 3.63) is 35.9 Å². The smallest absolute Gasteiger partial charge is 0.236 e. The van der Waals surface area contributed by atoms with Gasteiger partial charge in [-0.1, -0.05) is 30.3 Å². The average molecular weight is 262 g/mol. The van der Waals surface area contributed by atoms with Gasteiger partial charge < -0.3 is 10.2 Å². The lowest BCUT2D eigenvalue weighted by atomic mass is 10.1. The first-order valence-electron chi connectivity index (χ1n) is 7.22. The minimum atomic E-state index is 0.191. The highest BCUT2D eigenvalue weighted by Gasteiger charge is 2.10. The molecule has 0 bridgehead atoms. The highest BCUT2D eigenvalue weighted by molar-refractivity contribution is 5.78. The Morgan fingerprint density at radius 2 is 1.84 bits per heavy atom. The van der Waals surface area contributed by atoms with Crippen molar-refractivity contribution in [2.75, 3.05) is 19.6 Å². The van der Waals surface area contributed by atoms with E-state index in [0.717, 1.165) is 25.9 Å². The summed E-state index contributed by atoms with van der Waals surface area (Å²) in [5.74, 6) is 0.191. The zero-order chi connectivity index (χ0) is 14.1. The molecular weight excluding hydrogens is 236 g/mol. The number of nitrogens with zero attached hydrogens (tertiary/aromatic N) is 1. The first kappa shape index (κ1) is 15.7. The highest BCUT2D eigenvalue weighted by atomic mass is 16.2. The molecule has 0 fully saturated rings. The van der Waals surface area contributed by atoms with Crippen LogP contribution in [0.3, 0.4) is 0 Å². The predicted octanol–water partition coefficient (Wildman–Crippen LogP) is 2.47. The Morgan fingerprint density at radius 3 is 2.42 bits per heavy atom. The fourth-order valence-corrected chi connectivity index (χ4v) is 2.08. The lowest BCUT2D eigenvalue weighted by Crippen LogP contribution is -2.40. The topological polar surface area (TPSA) is 32.3 Å². The van der Waals surface area contributed by atoms with E-state index in [-0.39, 0.29) is 5.91 Å². The van der Waals surface area contributed by atoms with Crippen molar-refractivity contribution in [3.63, 3.8) is 0 Å². The van der Waals surface area contributed by atoms with Crippen LogP contribution in [-0.4, -0.2) is 36.5 Å². The molecule has 0 saturated heterocycles. The third kappa shape index (κ3) is 5.88. The molecule has 3 nitrogen and oxygen atoms in total. The fourth-order valence-electron chi connectivity index (χ4n) is 2.08. The van der Waals surface area contributed by atoms with E-state index in [4.69, 9.17) is 0 Å². The molecule has 1 atom stereocenters. The molecule has 0 aliphatic carbocycles. The van der Waals surface area contributed by atoms with Crippen LogP contribution in [0.2, 0.25) is 0 Å². The normalized spacial score (nSPS) is 12.2. The van der Waals surface area contributed by atoms with E-state index in [1.807, 2.05) is 24.8 Å². The predicted molar refractivity (Wildman–Crippen MR) is 80.2 cm³/mol. The second kappa shape index (κ2) is 8.70. The largest absolute Gasteiger partial charge is 0.342 e. The van der Waals surface area contributed by atoms with Crippen molar-refractivity contribution in [2.24, 2.45) is 0 Å². The van der Waals surface area contributed by atoms with E-state index in [2.05, 4.69) is 36.5 Å². The Morgan fingerprint density at radius 1 is 1.21 bits per heavy atom. The van der Waals surface area contributed by atoms with E-state index in [0.29, 0.717) is 12.6 Å². The highest BCUT2D eigenvalue weighted by Crippen LogP contribution is 2.04. The van der Waals surface area contributed by atoms with Gasteiger partial charge in [0.05, 0.1) is 6.54 Å². The van der Waals surface area contributed by atoms with Crippen LogP contribution in [-0.2, 0) is 11.2 Å². The maximum atomic E-state index is 11.8. The molecule has 1 unspecified atom stereocenters. The maximum Gasteiger partial charge on any atom is 0.236 e. The molecule has 3 heteroatoms. The van der Waals surface area contributed by atoms with E-state index < -0.39 is 0 Å². The quantitative estimate of drug-likeness (QED) is 0.780. The van der Waals surface area contributed by atoms with Gasteiger partial charge >= 0.3 is 0 Å². The van der Waals surface area contributed by atoms with Gasteiger partial charge in [0.1, 0.15) is 0 Å². The Kier molecular flexibility index (Phi) is 7.19. The first-order valence-corrected chi connectivity index (χ1v) is 7.22. The number of benzene rings is 1. The van der Waals surface area contributed by atoms with Crippen LogP contribution in [0.1, 0.15) is 32.8 Å². The van der Waals surface area contributed by atoms with Crippen molar-refractivity contribution in [3.8, 4) is 0 Å². The van der Waals surface area contributed by atoms with Crippen LogP contribution in [0.15, 0.2) is 30.3 Å². The van der Waals surface area contributed by atoms with Gasteiger partial charge in [-0.2, -0.15) is 0 Å². The van der Waals surface area contributed by atoms with Crippen molar-refractivity contribution >= 4 is 5.91 Å². The van der Waals surface area contributed by atoms with Gasteiger partial charge in [-0.3, -0.25) is 4.79 Å². The average Bonchev–Trinajstić information content (AvgIpc) is 2.45. The van der Waals surface area contributed by atoms with Gasteiger partial charge in [0.15, 0.2) is 0 Å². The maximum absolute atomic E-state index is 11.8. The van der Waals surface area contributed by atoms with Gasteiger partial charge in [-0.15, -0.1) is 0 Å². The molecule has 0 heterocycles. The fraction of sp³-hybridized carbons (Fsp3) is 0.562. The number of nitrogens with one attached hydrogen (secondary N) is 1. The molecule has 1 aromatic carbocycles. The Bertz CT molecular complexity index is 360. The van der Waals surface area contributed by atoms with Crippen molar-refractivity contribution in [1.29, 1.82) is 0 Å². The van der Waals surface area contributed by atoms with E-state index in [1.165, 1.54) is 5.56 Å². The van der Waals surface area contributed by atoms with Crippen LogP contribution in [0.25, 0.3) is 0 Å². The summed E-state index contributed by atoms with van der Waals surface area (Å²) in [5.41, 5.74) is 1.35. The standard InChI is InChI=1S/C16H26N2O/c1-4-18(5-2)16(19)13-17-14(3)11-12-15-9-7-6-8-10-15/h6-10,14,17H,4-5,11-13H2,1-3H3. The Labute approximate surface area is 117 Å². The van der Waals surface area contributed by atoms with Gasteiger partial charge in [0, 0.05) is 19.1 Å². The Balaban J connectivity index is 2.24. The summed E-state index contributed by atoms with van der Waals surface area (Å²) >= 11 is 0. The van der Waals surface area contributed by atoms with Crippen LogP contribution in [0, 0.1) is 0 Å². The third-order valence-corrected chi connectivity index (χ3v) is 3.43. The molecule has 0 saturated carbocycles. The van der Waals surface area contributed by atoms with E-state index in [9.17, 15) is 4.79 Å². The molecule has 0 aliphatic heterocycles. The summed E-state index contributed by atoms with van der Waals surface area (Å²) in [4.78, 5) is 13.7. The van der Waals surface area contributed by atoms with Gasteiger partial charge in [0.2, 0.25) is 5.91 Å². The zero-order valence-electron chi connectivity index (χ0n) is 12.4. The number of amides is 1. The lowest BCUT2D eigenvalue weighted by molar-refractivity contribution is -0.129. The van der Waals surface area contributed by atoms with Crippen molar-refractivity contribution in [1.82, 2.24) is 10.2 Å². The number of hydrogen-bond acceptors (Lipinski definition) is 2. The summed E-state index contributed by atoms with van der Waals surface area (Å²) in [6.45, 7) is 8.18. The van der Waals surface area contributed by atoms with Crippen molar-refractivity contribution < 1.29 is 4.79 Å². The molecule has 0 aromatic heterocycles. The third-order valence-electron chi connectivity index (χ3n) is 3.43. The molecule has 1 amide bonds. The summed E-state index contributed by atoms with van der Waals surface area (Å²) in [6.07, 6.45) is 2.10. The SMILES string of the molecule is CCN(CC)C(=O)CNC(C)CCc1ccccc1. The van der Waals surface area contributed by atoms with Crippen LogP contribution in [0.4, 0.5) is 0 Å². The molecule has 1 rings (SSSR count). The second-order valence-corrected chi connectivity index (χ2v) is 4.87. The van der Waals surface area contributed by atoms with Crippen LogP contribution >= 0.6 is 0 Å². The summed E-state index contributed by atoms with van der Waals surface area (Å²) in [6, 6.07) is 10.8. The van der Waals surface area contributed by atoms with Crippen molar-refractivity contribution in [2.45, 2.75) is 39.7 Å². The van der Waals surface area contributed by atoms with Crippen LogP contribution in [0.5, 0.6) is 0 Å². The molecule has 1 N–H and O–H groups in total. The molecule has 19 heavy (non-hydrogen) atoms. The molecule has 0 aliphatic rings. The number of likely N-dealkylation sites (N-methyl/N-ethyl adjacent to an activating group) is 1.